The normalized spacial score (nSPS) is 15.2. The van der Waals surface area contributed by atoms with Gasteiger partial charge in [0.2, 0.25) is 5.88 Å². The van der Waals surface area contributed by atoms with Crippen molar-refractivity contribution in [2.24, 2.45) is 10.9 Å². The van der Waals surface area contributed by atoms with Crippen molar-refractivity contribution < 1.29 is 4.74 Å². The molecular formula is C14H22N4O. The molecular weight excluding hydrogens is 240 g/mol. The summed E-state index contributed by atoms with van der Waals surface area (Å²) >= 11 is 0. The van der Waals surface area contributed by atoms with Crippen molar-refractivity contribution in [2.75, 3.05) is 20.2 Å². The number of hydrogen-bond donors (Lipinski definition) is 2. The van der Waals surface area contributed by atoms with Crippen LogP contribution in [0.3, 0.4) is 0 Å². The highest BCUT2D eigenvalue weighted by molar-refractivity contribution is 5.79. The fraction of sp³-hybridized carbons (Fsp3) is 0.571. The summed E-state index contributed by atoms with van der Waals surface area (Å²) in [5, 5.41) is 6.62. The lowest BCUT2D eigenvalue weighted by Gasteiger charge is -2.13. The quantitative estimate of drug-likeness (QED) is 0.603. The van der Waals surface area contributed by atoms with Crippen LogP contribution in [-0.2, 0) is 6.54 Å². The Morgan fingerprint density at radius 2 is 2.32 bits per heavy atom. The summed E-state index contributed by atoms with van der Waals surface area (Å²) in [6, 6.07) is 3.93. The molecule has 2 rings (SSSR count). The van der Waals surface area contributed by atoms with E-state index in [1.807, 2.05) is 19.1 Å². The monoisotopic (exact) mass is 262 g/mol. The van der Waals surface area contributed by atoms with Gasteiger partial charge in [-0.15, -0.1) is 0 Å². The number of rotatable bonds is 6. The molecule has 0 unspecified atom stereocenters. The van der Waals surface area contributed by atoms with E-state index in [1.54, 1.807) is 13.2 Å². The molecule has 1 aliphatic carbocycles. The van der Waals surface area contributed by atoms with Crippen LogP contribution < -0.4 is 15.4 Å². The van der Waals surface area contributed by atoms with Crippen molar-refractivity contribution in [2.45, 2.75) is 26.3 Å². The van der Waals surface area contributed by atoms with Gasteiger partial charge in [0.05, 0.1) is 6.61 Å². The van der Waals surface area contributed by atoms with Gasteiger partial charge < -0.3 is 15.4 Å². The highest BCUT2D eigenvalue weighted by atomic mass is 16.5. The maximum Gasteiger partial charge on any atom is 0.218 e. The predicted molar refractivity (Wildman–Crippen MR) is 76.3 cm³/mol. The maximum absolute atomic E-state index is 5.50. The average molecular weight is 262 g/mol. The molecule has 1 heterocycles. The Morgan fingerprint density at radius 1 is 1.47 bits per heavy atom. The fourth-order valence-corrected chi connectivity index (χ4v) is 1.79. The molecule has 2 N–H and O–H groups in total. The molecule has 0 radical (unpaired) electrons. The fourth-order valence-electron chi connectivity index (χ4n) is 1.79. The summed E-state index contributed by atoms with van der Waals surface area (Å²) in [5.74, 6) is 2.35. The van der Waals surface area contributed by atoms with E-state index in [1.165, 1.54) is 12.8 Å². The van der Waals surface area contributed by atoms with Crippen molar-refractivity contribution in [3.05, 3.63) is 23.9 Å². The number of hydrogen-bond acceptors (Lipinski definition) is 3. The molecule has 1 aliphatic rings. The summed E-state index contributed by atoms with van der Waals surface area (Å²) in [6.45, 7) is 4.25. The van der Waals surface area contributed by atoms with E-state index >= 15 is 0 Å². The highest BCUT2D eigenvalue weighted by Crippen LogP contribution is 2.27. The van der Waals surface area contributed by atoms with Gasteiger partial charge in [0, 0.05) is 31.9 Å². The third kappa shape index (κ3) is 4.43. The smallest absolute Gasteiger partial charge is 0.218 e. The molecule has 1 aromatic rings. The van der Waals surface area contributed by atoms with Gasteiger partial charge in [0.15, 0.2) is 5.96 Å². The van der Waals surface area contributed by atoms with Crippen molar-refractivity contribution in [3.8, 4) is 5.88 Å². The largest absolute Gasteiger partial charge is 0.478 e. The lowest BCUT2D eigenvalue weighted by atomic mass is 10.2. The van der Waals surface area contributed by atoms with Gasteiger partial charge in [-0.05, 0) is 31.7 Å². The van der Waals surface area contributed by atoms with Crippen LogP contribution in [0.1, 0.15) is 25.3 Å². The van der Waals surface area contributed by atoms with E-state index in [-0.39, 0.29) is 0 Å². The molecule has 1 fully saturated rings. The predicted octanol–water partition coefficient (Wildman–Crippen LogP) is 1.56. The van der Waals surface area contributed by atoms with Gasteiger partial charge in [-0.1, -0.05) is 6.07 Å². The Labute approximate surface area is 114 Å². The summed E-state index contributed by atoms with van der Waals surface area (Å²) in [4.78, 5) is 8.45. The van der Waals surface area contributed by atoms with E-state index in [0.717, 1.165) is 24.0 Å². The molecule has 0 atom stereocenters. The number of guanidine groups is 1. The van der Waals surface area contributed by atoms with Crippen LogP contribution in [0.5, 0.6) is 5.88 Å². The van der Waals surface area contributed by atoms with Gasteiger partial charge >= 0.3 is 0 Å². The molecule has 5 heteroatoms. The van der Waals surface area contributed by atoms with Crippen LogP contribution in [0.25, 0.3) is 0 Å². The number of ether oxygens (including phenoxy) is 1. The first kappa shape index (κ1) is 13.6. The van der Waals surface area contributed by atoms with Gasteiger partial charge in [-0.3, -0.25) is 4.99 Å². The maximum atomic E-state index is 5.50. The topological polar surface area (TPSA) is 58.5 Å². The molecule has 5 nitrogen and oxygen atoms in total. The second kappa shape index (κ2) is 6.97. The summed E-state index contributed by atoms with van der Waals surface area (Å²) in [6.07, 6.45) is 4.41. The molecule has 1 saturated carbocycles. The van der Waals surface area contributed by atoms with E-state index < -0.39 is 0 Å². The highest BCUT2D eigenvalue weighted by Gasteiger charge is 2.21. The molecule has 0 aliphatic heterocycles. The van der Waals surface area contributed by atoms with E-state index in [2.05, 4.69) is 20.6 Å². The summed E-state index contributed by atoms with van der Waals surface area (Å²) < 4.78 is 5.50. The molecule has 1 aromatic heterocycles. The molecule has 0 amide bonds. The minimum atomic E-state index is 0.624. The average Bonchev–Trinajstić information content (AvgIpc) is 3.25. The van der Waals surface area contributed by atoms with E-state index in [0.29, 0.717) is 19.0 Å². The van der Waals surface area contributed by atoms with Crippen LogP contribution in [0.15, 0.2) is 23.3 Å². The Morgan fingerprint density at radius 3 is 3.00 bits per heavy atom. The molecule has 19 heavy (non-hydrogen) atoms. The zero-order chi connectivity index (χ0) is 13.5. The van der Waals surface area contributed by atoms with Gasteiger partial charge in [0.1, 0.15) is 0 Å². The number of aliphatic imine (C=N–C) groups is 1. The second-order valence-electron chi connectivity index (χ2n) is 4.65. The Kier molecular flexibility index (Phi) is 5.01. The number of pyridine rings is 1. The molecule has 0 bridgehead atoms. The SMILES string of the molecule is CCOc1ncccc1CNC(=NC)NCC1CC1. The zero-order valence-corrected chi connectivity index (χ0v) is 11.6. The Bertz CT molecular complexity index is 429. The minimum absolute atomic E-state index is 0.624. The molecule has 0 saturated heterocycles. The minimum Gasteiger partial charge on any atom is -0.478 e. The van der Waals surface area contributed by atoms with Crippen LogP contribution >= 0.6 is 0 Å². The van der Waals surface area contributed by atoms with Gasteiger partial charge in [-0.25, -0.2) is 4.98 Å². The first-order valence-corrected chi connectivity index (χ1v) is 6.84. The summed E-state index contributed by atoms with van der Waals surface area (Å²) in [7, 11) is 1.79. The number of nitrogens with one attached hydrogen (secondary N) is 2. The van der Waals surface area contributed by atoms with Crippen LogP contribution in [0.4, 0.5) is 0 Å². The van der Waals surface area contributed by atoms with Gasteiger partial charge in [0.25, 0.3) is 0 Å². The van der Waals surface area contributed by atoms with Crippen molar-refractivity contribution in [1.82, 2.24) is 15.6 Å². The van der Waals surface area contributed by atoms with Crippen LogP contribution in [0, 0.1) is 5.92 Å². The summed E-state index contributed by atoms with van der Waals surface area (Å²) in [5.41, 5.74) is 1.04. The molecule has 0 aromatic carbocycles. The van der Waals surface area contributed by atoms with Crippen molar-refractivity contribution >= 4 is 5.96 Å². The number of nitrogens with zero attached hydrogens (tertiary/aromatic N) is 2. The third-order valence-electron chi connectivity index (χ3n) is 3.06. The Hall–Kier alpha value is -1.78. The van der Waals surface area contributed by atoms with Crippen LogP contribution in [-0.4, -0.2) is 31.1 Å². The van der Waals surface area contributed by atoms with E-state index in [4.69, 9.17) is 4.74 Å². The van der Waals surface area contributed by atoms with Crippen molar-refractivity contribution in [3.63, 3.8) is 0 Å². The van der Waals surface area contributed by atoms with E-state index in [9.17, 15) is 0 Å². The zero-order valence-electron chi connectivity index (χ0n) is 11.6. The standard InChI is InChI=1S/C14H22N4O/c1-3-19-13-12(5-4-8-16-13)10-18-14(15-2)17-9-11-6-7-11/h4-5,8,11H,3,6-7,9-10H2,1-2H3,(H2,15,17,18). The lowest BCUT2D eigenvalue weighted by Crippen LogP contribution is -2.37. The first-order chi connectivity index (χ1) is 9.33. The molecule has 0 spiro atoms. The lowest BCUT2D eigenvalue weighted by molar-refractivity contribution is 0.322. The van der Waals surface area contributed by atoms with Crippen molar-refractivity contribution in [1.29, 1.82) is 0 Å². The van der Waals surface area contributed by atoms with Gasteiger partial charge in [-0.2, -0.15) is 0 Å². The number of aromatic nitrogens is 1. The second-order valence-corrected chi connectivity index (χ2v) is 4.65. The van der Waals surface area contributed by atoms with Crippen LogP contribution in [0.2, 0.25) is 0 Å². The third-order valence-corrected chi connectivity index (χ3v) is 3.06. The first-order valence-electron chi connectivity index (χ1n) is 6.84. The Balaban J connectivity index is 1.85. The molecule has 104 valence electrons.